The monoisotopic (exact) mass is 395 g/mol. The van der Waals surface area contributed by atoms with Crippen molar-refractivity contribution < 1.29 is 19.6 Å². The van der Waals surface area contributed by atoms with Crippen molar-refractivity contribution in [2.24, 2.45) is 11.8 Å². The number of aldehydes is 1. The Kier molecular flexibility index (Phi) is 5.66. The highest BCUT2D eigenvalue weighted by Gasteiger charge is 2.63. The highest BCUT2D eigenvalue weighted by atomic mass is 16.6. The van der Waals surface area contributed by atoms with Gasteiger partial charge in [-0.25, -0.2) is 0 Å². The van der Waals surface area contributed by atoms with E-state index in [4.69, 9.17) is 0 Å². The van der Waals surface area contributed by atoms with Crippen molar-refractivity contribution in [2.75, 3.05) is 0 Å². The molecule has 6 atom stereocenters. The molecule has 0 saturated heterocycles. The van der Waals surface area contributed by atoms with Crippen molar-refractivity contribution in [3.63, 3.8) is 0 Å². The molecule has 0 aromatic heterocycles. The molecule has 0 unspecified atom stereocenters. The number of aliphatic hydroxyl groups is 1. The van der Waals surface area contributed by atoms with Gasteiger partial charge in [0.05, 0.1) is 29.3 Å². The summed E-state index contributed by atoms with van der Waals surface area (Å²) in [5, 5.41) is 23.7. The van der Waals surface area contributed by atoms with Gasteiger partial charge < -0.3 is 9.90 Å². The fraction of sp³-hybridized carbons (Fsp3) is 0.391. The zero-order valence-electron chi connectivity index (χ0n) is 16.7. The quantitative estimate of drug-likeness (QED) is 0.476. The van der Waals surface area contributed by atoms with Crippen LogP contribution in [-0.2, 0) is 9.59 Å². The number of rotatable bonds is 5. The fourth-order valence-corrected chi connectivity index (χ4v) is 4.97. The lowest BCUT2D eigenvalue weighted by Gasteiger charge is -2.49. The lowest BCUT2D eigenvalue weighted by atomic mass is 9.54. The van der Waals surface area contributed by atoms with E-state index in [1.54, 1.807) is 42.5 Å². The van der Waals surface area contributed by atoms with Gasteiger partial charge in [-0.2, -0.15) is 0 Å². The Balaban J connectivity index is 2.29. The van der Waals surface area contributed by atoms with Crippen LogP contribution in [0.15, 0.2) is 54.6 Å². The minimum absolute atomic E-state index is 0.370. The number of nitrogens with zero attached hydrogens (tertiary/aromatic N) is 1. The zero-order chi connectivity index (χ0) is 21.3. The summed E-state index contributed by atoms with van der Waals surface area (Å²) in [6, 6.07) is 14.7. The van der Waals surface area contributed by atoms with Gasteiger partial charge >= 0.3 is 0 Å². The molecule has 1 aliphatic carbocycles. The molecule has 3 rings (SSSR count). The van der Waals surface area contributed by atoms with E-state index in [0.717, 1.165) is 5.56 Å². The molecule has 1 aliphatic rings. The summed E-state index contributed by atoms with van der Waals surface area (Å²) >= 11 is 0. The van der Waals surface area contributed by atoms with Gasteiger partial charge in [-0.3, -0.25) is 14.9 Å². The molecule has 0 amide bonds. The smallest absolute Gasteiger partial charge is 0.228 e. The summed E-state index contributed by atoms with van der Waals surface area (Å²) < 4.78 is 0. The summed E-state index contributed by atoms with van der Waals surface area (Å²) in [5.41, 5.74) is 0.475. The number of benzene rings is 2. The lowest BCUT2D eigenvalue weighted by molar-refractivity contribution is -0.539. The highest BCUT2D eigenvalue weighted by molar-refractivity contribution is 5.82. The average molecular weight is 395 g/mol. The van der Waals surface area contributed by atoms with Crippen LogP contribution in [0.5, 0.6) is 0 Å². The van der Waals surface area contributed by atoms with Crippen LogP contribution in [0.1, 0.15) is 42.4 Å². The number of hydrogen-bond donors (Lipinski definition) is 1. The Labute approximate surface area is 169 Å². The maximum atomic E-state index is 12.6. The summed E-state index contributed by atoms with van der Waals surface area (Å²) in [4.78, 5) is 36.7. The number of nitro groups is 1. The third kappa shape index (κ3) is 3.60. The summed E-state index contributed by atoms with van der Waals surface area (Å²) in [6.07, 6.45) is 0.565. The fourth-order valence-electron chi connectivity index (χ4n) is 4.97. The number of hydrogen-bond acceptors (Lipinski definition) is 5. The molecular formula is C23H25NO5. The Morgan fingerprint density at radius 3 is 2.10 bits per heavy atom. The summed E-state index contributed by atoms with van der Waals surface area (Å²) in [5.74, 6) is -4.25. The third-order valence-corrected chi connectivity index (χ3v) is 6.26. The van der Waals surface area contributed by atoms with Gasteiger partial charge in [0.2, 0.25) is 6.04 Å². The first-order valence-corrected chi connectivity index (χ1v) is 9.63. The van der Waals surface area contributed by atoms with Gasteiger partial charge in [0.1, 0.15) is 12.1 Å². The summed E-state index contributed by atoms with van der Waals surface area (Å²) in [6.45, 7) is 4.68. The van der Waals surface area contributed by atoms with Crippen LogP contribution >= 0.6 is 0 Å². The Bertz CT molecular complexity index is 907. The molecule has 1 fully saturated rings. The van der Waals surface area contributed by atoms with E-state index in [-0.39, 0.29) is 5.78 Å². The molecule has 6 heteroatoms. The SMILES string of the molecule is CC(=O)[C@@H]1[C@@H](c2ccc(C)cc2)[C@@H]([N+](=O)[O-])[C@@H](c2ccccc2)[C@H](C=O)[C@]1(C)O. The van der Waals surface area contributed by atoms with Gasteiger partial charge in [0.15, 0.2) is 0 Å². The molecule has 2 aromatic carbocycles. The molecule has 1 saturated carbocycles. The molecule has 29 heavy (non-hydrogen) atoms. The minimum Gasteiger partial charge on any atom is -0.389 e. The van der Waals surface area contributed by atoms with Crippen LogP contribution in [0.3, 0.4) is 0 Å². The molecule has 0 bridgehead atoms. The second-order valence-electron chi connectivity index (χ2n) is 8.12. The van der Waals surface area contributed by atoms with Gasteiger partial charge in [0, 0.05) is 4.92 Å². The van der Waals surface area contributed by atoms with Crippen LogP contribution in [0.25, 0.3) is 0 Å². The largest absolute Gasteiger partial charge is 0.389 e. The predicted octanol–water partition coefficient (Wildman–Crippen LogP) is 3.29. The Hall–Kier alpha value is -2.86. The highest BCUT2D eigenvalue weighted by Crippen LogP contribution is 2.53. The second-order valence-corrected chi connectivity index (χ2v) is 8.12. The maximum Gasteiger partial charge on any atom is 0.228 e. The molecule has 1 N–H and O–H groups in total. The van der Waals surface area contributed by atoms with Gasteiger partial charge in [-0.05, 0) is 31.9 Å². The van der Waals surface area contributed by atoms with Crippen LogP contribution in [-0.4, -0.2) is 33.7 Å². The van der Waals surface area contributed by atoms with E-state index in [1.807, 2.05) is 19.1 Å². The Morgan fingerprint density at radius 2 is 1.62 bits per heavy atom. The van der Waals surface area contributed by atoms with Crippen LogP contribution in [0, 0.1) is 28.9 Å². The molecule has 0 aliphatic heterocycles. The number of Topliss-reactive ketones (excluding diaryl/α,β-unsaturated/α-hetero) is 1. The van der Waals surface area contributed by atoms with Crippen molar-refractivity contribution in [1.29, 1.82) is 0 Å². The number of carbonyl (C=O) groups excluding carboxylic acids is 2. The van der Waals surface area contributed by atoms with E-state index >= 15 is 0 Å². The van der Waals surface area contributed by atoms with E-state index < -0.39 is 40.2 Å². The van der Waals surface area contributed by atoms with Gasteiger partial charge in [-0.15, -0.1) is 0 Å². The standard InChI is InChI=1S/C23H25NO5/c1-14-9-11-17(12-10-14)20-21(15(2)26)23(3,27)18(13-25)19(22(20)24(28)29)16-7-5-4-6-8-16/h4-13,18-22,27H,1-3H3/t18-,19-,20+,21+,22-,23-/m0/s1. The van der Waals surface area contributed by atoms with E-state index in [1.165, 1.54) is 13.8 Å². The number of ketones is 1. The topological polar surface area (TPSA) is 97.5 Å². The first-order chi connectivity index (χ1) is 13.7. The Morgan fingerprint density at radius 1 is 1.07 bits per heavy atom. The molecule has 152 valence electrons. The minimum atomic E-state index is -1.73. The van der Waals surface area contributed by atoms with Gasteiger partial charge in [-0.1, -0.05) is 60.2 Å². The van der Waals surface area contributed by atoms with Gasteiger partial charge in [0.25, 0.3) is 0 Å². The molecule has 6 nitrogen and oxygen atoms in total. The third-order valence-electron chi connectivity index (χ3n) is 6.26. The van der Waals surface area contributed by atoms with E-state index in [0.29, 0.717) is 17.4 Å². The predicted molar refractivity (Wildman–Crippen MR) is 108 cm³/mol. The van der Waals surface area contributed by atoms with Crippen molar-refractivity contribution >= 4 is 12.1 Å². The molecule has 0 radical (unpaired) electrons. The average Bonchev–Trinajstić information content (AvgIpc) is 2.67. The molecular weight excluding hydrogens is 370 g/mol. The summed E-state index contributed by atoms with van der Waals surface area (Å²) in [7, 11) is 0. The van der Waals surface area contributed by atoms with E-state index in [2.05, 4.69) is 0 Å². The molecule has 2 aromatic rings. The van der Waals surface area contributed by atoms with Crippen molar-refractivity contribution in [3.8, 4) is 0 Å². The first kappa shape index (κ1) is 20.9. The van der Waals surface area contributed by atoms with Crippen molar-refractivity contribution in [2.45, 2.75) is 44.2 Å². The van der Waals surface area contributed by atoms with E-state index in [9.17, 15) is 24.8 Å². The van der Waals surface area contributed by atoms with Crippen molar-refractivity contribution in [3.05, 3.63) is 81.4 Å². The second kappa shape index (κ2) is 7.87. The van der Waals surface area contributed by atoms with Crippen LogP contribution in [0.2, 0.25) is 0 Å². The molecule has 0 spiro atoms. The van der Waals surface area contributed by atoms with Crippen LogP contribution in [0.4, 0.5) is 0 Å². The normalized spacial score (nSPS) is 31.8. The number of aryl methyl sites for hydroxylation is 1. The maximum absolute atomic E-state index is 12.6. The first-order valence-electron chi connectivity index (χ1n) is 9.63. The molecule has 0 heterocycles. The lowest BCUT2D eigenvalue weighted by Crippen LogP contribution is -2.61. The van der Waals surface area contributed by atoms with Crippen LogP contribution < -0.4 is 0 Å². The number of carbonyl (C=O) groups is 2. The zero-order valence-corrected chi connectivity index (χ0v) is 16.7. The van der Waals surface area contributed by atoms with Crippen molar-refractivity contribution in [1.82, 2.24) is 0 Å².